The quantitative estimate of drug-likeness (QED) is 0.213. The molecule has 2 heterocycles. The number of benzene rings is 3. The van der Waals surface area contributed by atoms with Crippen LogP contribution in [0.15, 0.2) is 83.5 Å². The molecule has 3 aromatic carbocycles. The normalized spacial score (nSPS) is 11.3. The third-order valence-corrected chi connectivity index (χ3v) is 6.32. The average Bonchev–Trinajstić information content (AvgIpc) is 3.36. The number of hydrogen-bond acceptors (Lipinski definition) is 5. The van der Waals surface area contributed by atoms with Crippen LogP contribution >= 0.6 is 11.6 Å². The summed E-state index contributed by atoms with van der Waals surface area (Å²) in [4.78, 5) is 8.87. The Morgan fingerprint density at radius 3 is 2.70 bits per heavy atom. The summed E-state index contributed by atoms with van der Waals surface area (Å²) in [7, 11) is 0. The van der Waals surface area contributed by atoms with Crippen LogP contribution in [0.25, 0.3) is 22.2 Å². The van der Waals surface area contributed by atoms with Gasteiger partial charge in [-0.05, 0) is 78.6 Å². The Morgan fingerprint density at radius 2 is 1.89 bits per heavy atom. The van der Waals surface area contributed by atoms with Crippen LogP contribution in [0.1, 0.15) is 31.6 Å². The minimum atomic E-state index is -0.300. The number of aromatic nitrogens is 2. The molecule has 0 atom stereocenters. The Morgan fingerprint density at radius 1 is 1.00 bits per heavy atom. The zero-order valence-electron chi connectivity index (χ0n) is 20.7. The van der Waals surface area contributed by atoms with E-state index in [1.54, 1.807) is 24.3 Å². The fourth-order valence-corrected chi connectivity index (χ4v) is 4.26. The van der Waals surface area contributed by atoms with Gasteiger partial charge in [-0.2, -0.15) is 0 Å². The highest BCUT2D eigenvalue weighted by molar-refractivity contribution is 6.32. The summed E-state index contributed by atoms with van der Waals surface area (Å²) in [6.45, 7) is 4.64. The summed E-state index contributed by atoms with van der Waals surface area (Å²) < 4.78 is 25.3. The zero-order valence-corrected chi connectivity index (χ0v) is 21.4. The van der Waals surface area contributed by atoms with E-state index in [-0.39, 0.29) is 12.4 Å². The lowest BCUT2D eigenvalue weighted by atomic mass is 10.1. The largest absolute Gasteiger partial charge is 0.487 e. The number of ether oxygens (including phenoxy) is 1. The number of aryl methyl sites for hydroxylation is 1. The number of halogens is 2. The van der Waals surface area contributed by atoms with Crippen LogP contribution in [0, 0.1) is 11.7 Å². The minimum absolute atomic E-state index is 0.218. The van der Waals surface area contributed by atoms with E-state index in [4.69, 9.17) is 20.8 Å². The molecular formula is C30H27ClFN3O2. The van der Waals surface area contributed by atoms with E-state index in [9.17, 15) is 4.39 Å². The fraction of sp³-hybridized carbons (Fsp3) is 0.200. The first-order chi connectivity index (χ1) is 17.9. The number of fused-ring (bicyclic) bond motifs is 1. The molecule has 1 N–H and O–H groups in total. The molecule has 5 aromatic rings. The van der Waals surface area contributed by atoms with E-state index in [1.807, 2.05) is 36.4 Å². The summed E-state index contributed by atoms with van der Waals surface area (Å²) in [6, 6.07) is 21.7. The molecule has 7 heteroatoms. The van der Waals surface area contributed by atoms with Crippen molar-refractivity contribution in [2.24, 2.45) is 5.92 Å². The van der Waals surface area contributed by atoms with Crippen molar-refractivity contribution in [1.82, 2.24) is 9.97 Å². The van der Waals surface area contributed by atoms with Crippen molar-refractivity contribution < 1.29 is 13.5 Å². The van der Waals surface area contributed by atoms with E-state index >= 15 is 0 Å². The lowest BCUT2D eigenvalue weighted by Gasteiger charge is -2.12. The number of rotatable bonds is 9. The van der Waals surface area contributed by atoms with Crippen molar-refractivity contribution in [3.8, 4) is 17.1 Å². The number of nitrogens with one attached hydrogen (secondary N) is 1. The van der Waals surface area contributed by atoms with Gasteiger partial charge < -0.3 is 14.5 Å². The third kappa shape index (κ3) is 6.09. The first kappa shape index (κ1) is 24.8. The van der Waals surface area contributed by atoms with Crippen molar-refractivity contribution in [2.75, 3.05) is 5.32 Å². The number of hydrogen-bond donors (Lipinski definition) is 1. The van der Waals surface area contributed by atoms with Gasteiger partial charge in [0.05, 0.1) is 10.5 Å². The SMILES string of the molecule is CC(C)CCc1ccc(-c2ccc3ncnc(Nc4ccc(OCc5cccc(F)c5)c(Cl)c4)c3c2)o1. The van der Waals surface area contributed by atoms with E-state index in [1.165, 1.54) is 18.5 Å². The molecule has 0 spiro atoms. The summed E-state index contributed by atoms with van der Waals surface area (Å²) in [5.41, 5.74) is 3.25. The van der Waals surface area contributed by atoms with Gasteiger partial charge in [0.15, 0.2) is 0 Å². The van der Waals surface area contributed by atoms with Gasteiger partial charge in [-0.3, -0.25) is 0 Å². The van der Waals surface area contributed by atoms with Crippen molar-refractivity contribution in [3.63, 3.8) is 0 Å². The number of nitrogens with zero attached hydrogens (tertiary/aromatic N) is 2. The molecule has 37 heavy (non-hydrogen) atoms. The van der Waals surface area contributed by atoms with Crippen LogP contribution in [0.3, 0.4) is 0 Å². The Hall–Kier alpha value is -3.90. The third-order valence-electron chi connectivity index (χ3n) is 6.03. The maximum Gasteiger partial charge on any atom is 0.141 e. The van der Waals surface area contributed by atoms with Gasteiger partial charge in [0.1, 0.15) is 41.8 Å². The van der Waals surface area contributed by atoms with Crippen LogP contribution < -0.4 is 10.1 Å². The molecule has 0 saturated carbocycles. The topological polar surface area (TPSA) is 60.2 Å². The first-order valence-electron chi connectivity index (χ1n) is 12.2. The Bertz CT molecular complexity index is 1530. The second-order valence-electron chi connectivity index (χ2n) is 9.34. The Balaban J connectivity index is 1.34. The second-order valence-corrected chi connectivity index (χ2v) is 9.75. The summed E-state index contributed by atoms with van der Waals surface area (Å²) in [6.07, 6.45) is 3.53. The lowest BCUT2D eigenvalue weighted by molar-refractivity contribution is 0.306. The highest BCUT2D eigenvalue weighted by Crippen LogP contribution is 2.33. The standard InChI is InChI=1S/C30H27ClFN3O2/c1-19(2)6-9-24-10-13-28(37-24)21-7-11-27-25(15-21)30(34-18-33-27)35-23-8-12-29(26(31)16-23)36-17-20-4-3-5-22(32)14-20/h3-5,7-8,10-16,18-19H,6,9,17H2,1-2H3,(H,33,34,35). The minimum Gasteiger partial charge on any atom is -0.487 e. The van der Waals surface area contributed by atoms with Gasteiger partial charge in [-0.25, -0.2) is 14.4 Å². The van der Waals surface area contributed by atoms with Crippen LogP contribution in [-0.4, -0.2) is 9.97 Å². The van der Waals surface area contributed by atoms with Gasteiger partial charge in [-0.15, -0.1) is 0 Å². The van der Waals surface area contributed by atoms with Crippen molar-refractivity contribution in [2.45, 2.75) is 33.3 Å². The fourth-order valence-electron chi connectivity index (χ4n) is 4.03. The monoisotopic (exact) mass is 515 g/mol. The molecular weight excluding hydrogens is 489 g/mol. The van der Waals surface area contributed by atoms with Gasteiger partial charge in [-0.1, -0.05) is 37.6 Å². The van der Waals surface area contributed by atoms with Gasteiger partial charge in [0.2, 0.25) is 0 Å². The highest BCUT2D eigenvalue weighted by Gasteiger charge is 2.11. The van der Waals surface area contributed by atoms with Crippen molar-refractivity contribution in [1.29, 1.82) is 0 Å². The lowest BCUT2D eigenvalue weighted by Crippen LogP contribution is -1.99. The van der Waals surface area contributed by atoms with Crippen LogP contribution in [0.5, 0.6) is 5.75 Å². The van der Waals surface area contributed by atoms with Gasteiger partial charge in [0.25, 0.3) is 0 Å². The molecule has 0 fully saturated rings. The maximum absolute atomic E-state index is 13.4. The average molecular weight is 516 g/mol. The second kappa shape index (κ2) is 11.0. The predicted octanol–water partition coefficient (Wildman–Crippen LogP) is 8.59. The van der Waals surface area contributed by atoms with E-state index < -0.39 is 0 Å². The van der Waals surface area contributed by atoms with E-state index in [2.05, 4.69) is 29.1 Å². The van der Waals surface area contributed by atoms with Crippen LogP contribution in [-0.2, 0) is 13.0 Å². The molecule has 0 unspecified atom stereocenters. The smallest absolute Gasteiger partial charge is 0.141 e. The molecule has 0 bridgehead atoms. The number of anilines is 2. The van der Waals surface area contributed by atoms with Crippen LogP contribution in [0.4, 0.5) is 15.9 Å². The van der Waals surface area contributed by atoms with Crippen molar-refractivity contribution in [3.05, 3.63) is 101 Å². The summed E-state index contributed by atoms with van der Waals surface area (Å²) in [5, 5.41) is 4.64. The zero-order chi connectivity index (χ0) is 25.8. The Kier molecular flexibility index (Phi) is 7.37. The van der Waals surface area contributed by atoms with E-state index in [0.29, 0.717) is 22.5 Å². The first-order valence-corrected chi connectivity index (χ1v) is 12.6. The molecule has 188 valence electrons. The molecule has 0 amide bonds. The number of furan rings is 1. The molecule has 0 aliphatic heterocycles. The van der Waals surface area contributed by atoms with E-state index in [0.717, 1.165) is 52.1 Å². The molecule has 5 nitrogen and oxygen atoms in total. The summed E-state index contributed by atoms with van der Waals surface area (Å²) in [5.74, 6) is 3.30. The van der Waals surface area contributed by atoms with Gasteiger partial charge in [0, 0.05) is 23.1 Å². The predicted molar refractivity (Wildman–Crippen MR) is 146 cm³/mol. The molecule has 5 rings (SSSR count). The molecule has 0 aliphatic carbocycles. The molecule has 2 aromatic heterocycles. The Labute approximate surface area is 220 Å². The maximum atomic E-state index is 13.4. The molecule has 0 saturated heterocycles. The van der Waals surface area contributed by atoms with Crippen molar-refractivity contribution >= 4 is 34.0 Å². The highest BCUT2D eigenvalue weighted by atomic mass is 35.5. The van der Waals surface area contributed by atoms with Gasteiger partial charge >= 0.3 is 0 Å². The molecule has 0 radical (unpaired) electrons. The van der Waals surface area contributed by atoms with Crippen LogP contribution in [0.2, 0.25) is 5.02 Å². The molecule has 0 aliphatic rings. The summed E-state index contributed by atoms with van der Waals surface area (Å²) >= 11 is 6.48.